The van der Waals surface area contributed by atoms with Gasteiger partial charge in [-0.3, -0.25) is 4.79 Å². The standard InChI is InChI=1S/C15H11ClFNO2/c16-11-5-6-14-10(7-11)8-18(15(19)9-20-14)13-4-2-1-3-12(13)17/h1-7H,8-9H2. The van der Waals surface area contributed by atoms with Crippen molar-refractivity contribution in [1.29, 1.82) is 0 Å². The van der Waals surface area contributed by atoms with Crippen LogP contribution in [0.4, 0.5) is 10.1 Å². The van der Waals surface area contributed by atoms with E-state index in [1.807, 2.05) is 0 Å². The maximum absolute atomic E-state index is 13.9. The van der Waals surface area contributed by atoms with Gasteiger partial charge in [-0.05, 0) is 30.3 Å². The average molecular weight is 292 g/mol. The molecule has 0 aliphatic carbocycles. The smallest absolute Gasteiger partial charge is 0.265 e. The maximum Gasteiger partial charge on any atom is 0.265 e. The van der Waals surface area contributed by atoms with Crippen LogP contribution in [0.15, 0.2) is 42.5 Å². The molecular formula is C15H11ClFNO2. The highest BCUT2D eigenvalue weighted by Gasteiger charge is 2.24. The van der Waals surface area contributed by atoms with Gasteiger partial charge in [0, 0.05) is 10.6 Å². The molecule has 0 saturated heterocycles. The fraction of sp³-hybridized carbons (Fsp3) is 0.133. The van der Waals surface area contributed by atoms with Crippen LogP contribution in [0.3, 0.4) is 0 Å². The predicted molar refractivity (Wildman–Crippen MR) is 74.5 cm³/mol. The van der Waals surface area contributed by atoms with Crippen molar-refractivity contribution in [2.45, 2.75) is 6.54 Å². The lowest BCUT2D eigenvalue weighted by molar-refractivity contribution is -0.120. The van der Waals surface area contributed by atoms with Crippen molar-refractivity contribution in [2.75, 3.05) is 11.5 Å². The van der Waals surface area contributed by atoms with E-state index in [2.05, 4.69) is 0 Å². The minimum atomic E-state index is -0.439. The molecule has 0 unspecified atom stereocenters. The molecule has 3 rings (SSSR count). The van der Waals surface area contributed by atoms with Crippen molar-refractivity contribution < 1.29 is 13.9 Å². The second kappa shape index (κ2) is 5.13. The first kappa shape index (κ1) is 12.9. The third kappa shape index (κ3) is 2.34. The molecule has 0 N–H and O–H groups in total. The number of carbonyl (C=O) groups excluding carboxylic acids is 1. The highest BCUT2D eigenvalue weighted by Crippen LogP contribution is 2.30. The second-order valence-corrected chi connectivity index (χ2v) is 4.91. The monoisotopic (exact) mass is 291 g/mol. The highest BCUT2D eigenvalue weighted by molar-refractivity contribution is 6.30. The molecule has 0 bridgehead atoms. The van der Waals surface area contributed by atoms with E-state index in [1.165, 1.54) is 11.0 Å². The molecule has 0 atom stereocenters. The quantitative estimate of drug-likeness (QED) is 0.806. The van der Waals surface area contributed by atoms with Gasteiger partial charge < -0.3 is 9.64 Å². The van der Waals surface area contributed by atoms with Crippen molar-refractivity contribution in [3.05, 3.63) is 58.9 Å². The Balaban J connectivity index is 2.03. The lowest BCUT2D eigenvalue weighted by Gasteiger charge is -2.20. The zero-order valence-corrected chi connectivity index (χ0v) is 11.2. The lowest BCUT2D eigenvalue weighted by atomic mass is 10.1. The summed E-state index contributed by atoms with van der Waals surface area (Å²) in [4.78, 5) is 13.5. The minimum Gasteiger partial charge on any atom is -0.483 e. The van der Waals surface area contributed by atoms with Gasteiger partial charge in [-0.2, -0.15) is 0 Å². The Morgan fingerprint density at radius 2 is 2.00 bits per heavy atom. The highest BCUT2D eigenvalue weighted by atomic mass is 35.5. The number of rotatable bonds is 1. The van der Waals surface area contributed by atoms with Crippen LogP contribution in [-0.2, 0) is 11.3 Å². The first-order valence-corrected chi connectivity index (χ1v) is 6.49. The van der Waals surface area contributed by atoms with Gasteiger partial charge in [0.1, 0.15) is 11.6 Å². The number of benzene rings is 2. The zero-order valence-electron chi connectivity index (χ0n) is 10.5. The van der Waals surface area contributed by atoms with Crippen LogP contribution < -0.4 is 9.64 Å². The Bertz CT molecular complexity index is 675. The molecule has 0 aromatic heterocycles. The first-order chi connectivity index (χ1) is 9.65. The normalized spacial score (nSPS) is 14.5. The number of nitrogens with zero attached hydrogens (tertiary/aromatic N) is 1. The van der Waals surface area contributed by atoms with Crippen molar-refractivity contribution >= 4 is 23.2 Å². The van der Waals surface area contributed by atoms with E-state index >= 15 is 0 Å². The molecule has 2 aromatic carbocycles. The number of anilines is 1. The van der Waals surface area contributed by atoms with E-state index in [1.54, 1.807) is 36.4 Å². The van der Waals surface area contributed by atoms with Crippen molar-refractivity contribution in [1.82, 2.24) is 0 Å². The molecule has 0 fully saturated rings. The largest absolute Gasteiger partial charge is 0.483 e. The van der Waals surface area contributed by atoms with Gasteiger partial charge in [-0.25, -0.2) is 4.39 Å². The van der Waals surface area contributed by atoms with Crippen LogP contribution in [0.2, 0.25) is 5.02 Å². The summed E-state index contributed by atoms with van der Waals surface area (Å²) in [6.45, 7) is 0.110. The third-order valence-corrected chi connectivity index (χ3v) is 3.38. The summed E-state index contributed by atoms with van der Waals surface area (Å²) in [5, 5.41) is 0.551. The van der Waals surface area contributed by atoms with Crippen LogP contribution in [0.1, 0.15) is 5.56 Å². The number of fused-ring (bicyclic) bond motifs is 1. The molecule has 1 amide bonds. The topological polar surface area (TPSA) is 29.5 Å². The number of hydrogen-bond donors (Lipinski definition) is 0. The van der Waals surface area contributed by atoms with Gasteiger partial charge in [0.25, 0.3) is 5.91 Å². The van der Waals surface area contributed by atoms with Crippen LogP contribution in [-0.4, -0.2) is 12.5 Å². The number of carbonyl (C=O) groups is 1. The Hall–Kier alpha value is -2.07. The zero-order chi connectivity index (χ0) is 14.1. The van der Waals surface area contributed by atoms with E-state index in [0.717, 1.165) is 5.56 Å². The number of amides is 1. The number of para-hydroxylation sites is 1. The molecular weight excluding hydrogens is 281 g/mol. The van der Waals surface area contributed by atoms with E-state index < -0.39 is 5.82 Å². The van der Waals surface area contributed by atoms with Crippen molar-refractivity contribution in [2.24, 2.45) is 0 Å². The SMILES string of the molecule is O=C1COc2ccc(Cl)cc2CN1c1ccccc1F. The Kier molecular flexibility index (Phi) is 3.32. The van der Waals surface area contributed by atoms with E-state index in [0.29, 0.717) is 10.8 Å². The summed E-state index contributed by atoms with van der Waals surface area (Å²) < 4.78 is 19.3. The van der Waals surface area contributed by atoms with Crippen molar-refractivity contribution in [3.63, 3.8) is 0 Å². The van der Waals surface area contributed by atoms with E-state index in [9.17, 15) is 9.18 Å². The molecule has 2 aromatic rings. The Labute approximate surface area is 120 Å². The van der Waals surface area contributed by atoms with E-state index in [-0.39, 0.29) is 24.7 Å². The van der Waals surface area contributed by atoms with Gasteiger partial charge in [0.05, 0.1) is 12.2 Å². The third-order valence-electron chi connectivity index (χ3n) is 3.15. The first-order valence-electron chi connectivity index (χ1n) is 6.11. The molecule has 5 heteroatoms. The van der Waals surface area contributed by atoms with Gasteiger partial charge >= 0.3 is 0 Å². The molecule has 0 radical (unpaired) electrons. The number of ether oxygens (including phenoxy) is 1. The maximum atomic E-state index is 13.9. The summed E-state index contributed by atoms with van der Waals surface area (Å²) in [7, 11) is 0. The van der Waals surface area contributed by atoms with Gasteiger partial charge in [-0.15, -0.1) is 0 Å². The molecule has 0 spiro atoms. The minimum absolute atomic E-state index is 0.122. The summed E-state index contributed by atoms with van der Waals surface area (Å²) in [6.07, 6.45) is 0. The molecule has 0 saturated carbocycles. The van der Waals surface area contributed by atoms with E-state index in [4.69, 9.17) is 16.3 Å². The Morgan fingerprint density at radius 3 is 2.80 bits per heavy atom. The predicted octanol–water partition coefficient (Wildman–Crippen LogP) is 3.40. The fourth-order valence-corrected chi connectivity index (χ4v) is 2.37. The van der Waals surface area contributed by atoms with Gasteiger partial charge in [0.15, 0.2) is 6.61 Å². The van der Waals surface area contributed by atoms with Crippen molar-refractivity contribution in [3.8, 4) is 5.75 Å². The molecule has 20 heavy (non-hydrogen) atoms. The molecule has 3 nitrogen and oxygen atoms in total. The molecule has 1 aliphatic heterocycles. The van der Waals surface area contributed by atoms with Gasteiger partial charge in [-0.1, -0.05) is 23.7 Å². The van der Waals surface area contributed by atoms with Crippen LogP contribution in [0, 0.1) is 5.82 Å². The lowest BCUT2D eigenvalue weighted by Crippen LogP contribution is -2.32. The van der Waals surface area contributed by atoms with Crippen LogP contribution in [0.25, 0.3) is 0 Å². The van der Waals surface area contributed by atoms with Crippen LogP contribution >= 0.6 is 11.6 Å². The molecule has 1 aliphatic rings. The molecule has 1 heterocycles. The summed E-state index contributed by atoms with van der Waals surface area (Å²) >= 11 is 5.96. The van der Waals surface area contributed by atoms with Gasteiger partial charge in [0.2, 0.25) is 0 Å². The number of halogens is 2. The Morgan fingerprint density at radius 1 is 1.20 bits per heavy atom. The summed E-state index contributed by atoms with van der Waals surface area (Å²) in [6, 6.07) is 11.3. The average Bonchev–Trinajstić information content (AvgIpc) is 2.59. The number of hydrogen-bond acceptors (Lipinski definition) is 2. The second-order valence-electron chi connectivity index (χ2n) is 4.47. The fourth-order valence-electron chi connectivity index (χ4n) is 2.18. The summed E-state index contributed by atoms with van der Waals surface area (Å²) in [5.41, 5.74) is 1.00. The van der Waals surface area contributed by atoms with Crippen LogP contribution in [0.5, 0.6) is 5.75 Å². The summed E-state index contributed by atoms with van der Waals surface area (Å²) in [5.74, 6) is -0.129. The molecule has 102 valence electrons.